The van der Waals surface area contributed by atoms with Crippen molar-refractivity contribution in [2.45, 2.75) is 37.8 Å². The highest BCUT2D eigenvalue weighted by atomic mass is 79.9. The zero-order valence-electron chi connectivity index (χ0n) is 15.2. The highest BCUT2D eigenvalue weighted by Crippen LogP contribution is 2.38. The summed E-state index contributed by atoms with van der Waals surface area (Å²) in [5, 5.41) is 7.02. The number of nitrogens with one attached hydrogen (secondary N) is 1. The van der Waals surface area contributed by atoms with Crippen LogP contribution in [0.15, 0.2) is 41.1 Å². The lowest BCUT2D eigenvalue weighted by molar-refractivity contribution is -0.137. The van der Waals surface area contributed by atoms with Gasteiger partial charge in [-0.2, -0.15) is 5.10 Å². The van der Waals surface area contributed by atoms with Gasteiger partial charge in [-0.25, -0.2) is 4.39 Å². The van der Waals surface area contributed by atoms with Crippen LogP contribution in [0.4, 0.5) is 4.39 Å². The minimum absolute atomic E-state index is 0.00764. The van der Waals surface area contributed by atoms with E-state index in [4.69, 9.17) is 0 Å². The fraction of sp³-hybridized carbons (Fsp3) is 0.421. The van der Waals surface area contributed by atoms with Crippen molar-refractivity contribution in [3.63, 3.8) is 0 Å². The maximum atomic E-state index is 13.3. The number of benzene rings is 1. The highest BCUT2D eigenvalue weighted by Gasteiger charge is 2.32. The zero-order chi connectivity index (χ0) is 19.6. The highest BCUT2D eigenvalue weighted by molar-refractivity contribution is 9.10. The quantitative estimate of drug-likeness (QED) is 0.756. The summed E-state index contributed by atoms with van der Waals surface area (Å²) in [6.07, 6.45) is 4.96. The third kappa shape index (κ3) is 4.55. The fourth-order valence-electron chi connectivity index (χ4n) is 3.28. The first kappa shape index (κ1) is 19.5. The molecule has 0 saturated heterocycles. The third-order valence-electron chi connectivity index (χ3n) is 4.95. The van der Waals surface area contributed by atoms with Gasteiger partial charge in [-0.05, 0) is 65.4 Å². The van der Waals surface area contributed by atoms with Crippen LogP contribution in [0.25, 0.3) is 0 Å². The van der Waals surface area contributed by atoms with Crippen LogP contribution in [0.2, 0.25) is 0 Å². The predicted octanol–water partition coefficient (Wildman–Crippen LogP) is 2.87. The van der Waals surface area contributed by atoms with Crippen LogP contribution in [-0.2, 0) is 9.59 Å². The summed E-state index contributed by atoms with van der Waals surface area (Å²) in [6.45, 7) is 1.76. The van der Waals surface area contributed by atoms with Crippen molar-refractivity contribution in [3.8, 4) is 0 Å². The molecule has 1 aromatic heterocycles. The molecule has 1 aliphatic carbocycles. The van der Waals surface area contributed by atoms with Gasteiger partial charge in [-0.1, -0.05) is 6.07 Å². The zero-order valence-corrected chi connectivity index (χ0v) is 16.8. The lowest BCUT2D eigenvalue weighted by Crippen LogP contribution is -2.48. The number of nitrogens with zero attached hydrogens (tertiary/aromatic N) is 3. The van der Waals surface area contributed by atoms with Crippen molar-refractivity contribution < 1.29 is 14.0 Å². The summed E-state index contributed by atoms with van der Waals surface area (Å²) < 4.78 is 15.3. The van der Waals surface area contributed by atoms with Gasteiger partial charge in [-0.15, -0.1) is 0 Å². The molecule has 6 nitrogen and oxygen atoms in total. The van der Waals surface area contributed by atoms with Crippen molar-refractivity contribution in [1.82, 2.24) is 20.0 Å². The normalized spacial score (nSPS) is 19.9. The van der Waals surface area contributed by atoms with Gasteiger partial charge in [-0.3, -0.25) is 14.3 Å². The van der Waals surface area contributed by atoms with Crippen LogP contribution in [-0.4, -0.2) is 46.1 Å². The molecule has 2 aromatic rings. The largest absolute Gasteiger partial charge is 0.352 e. The molecule has 2 amide bonds. The van der Waals surface area contributed by atoms with Gasteiger partial charge in [0.05, 0.1) is 11.0 Å². The Labute approximate surface area is 165 Å². The molecule has 3 rings (SSSR count). The first-order chi connectivity index (χ1) is 12.8. The van der Waals surface area contributed by atoms with E-state index in [0.29, 0.717) is 10.4 Å². The summed E-state index contributed by atoms with van der Waals surface area (Å²) in [6, 6.07) is 6.41. The molecule has 1 saturated carbocycles. The van der Waals surface area contributed by atoms with Crippen molar-refractivity contribution >= 4 is 27.7 Å². The number of hydrogen-bond acceptors (Lipinski definition) is 3. The van der Waals surface area contributed by atoms with Crippen LogP contribution >= 0.6 is 15.9 Å². The molecule has 0 unspecified atom stereocenters. The molecule has 0 radical (unpaired) electrons. The summed E-state index contributed by atoms with van der Waals surface area (Å²) in [7, 11) is 1.61. The van der Waals surface area contributed by atoms with Gasteiger partial charge < -0.3 is 10.2 Å². The SMILES string of the molecule is C[C@@H](C(=O)N(C)CC(=O)NC1CC(c2ccc(F)c(Br)c2)C1)n1cccn1. The van der Waals surface area contributed by atoms with E-state index in [2.05, 4.69) is 26.3 Å². The van der Waals surface area contributed by atoms with E-state index in [-0.39, 0.29) is 30.2 Å². The smallest absolute Gasteiger partial charge is 0.247 e. The first-order valence-electron chi connectivity index (χ1n) is 8.83. The summed E-state index contributed by atoms with van der Waals surface area (Å²) in [4.78, 5) is 26.0. The molecular formula is C19H22BrFN4O2. The van der Waals surface area contributed by atoms with Gasteiger partial charge in [0.2, 0.25) is 11.8 Å². The van der Waals surface area contributed by atoms with Crippen LogP contribution in [0.5, 0.6) is 0 Å². The van der Waals surface area contributed by atoms with E-state index in [1.165, 1.54) is 11.0 Å². The molecule has 1 atom stereocenters. The third-order valence-corrected chi connectivity index (χ3v) is 5.56. The minimum atomic E-state index is -0.456. The lowest BCUT2D eigenvalue weighted by atomic mass is 9.76. The van der Waals surface area contributed by atoms with Gasteiger partial charge >= 0.3 is 0 Å². The number of rotatable bonds is 6. The van der Waals surface area contributed by atoms with Gasteiger partial charge in [0.25, 0.3) is 0 Å². The van der Waals surface area contributed by atoms with Crippen LogP contribution in [0, 0.1) is 5.82 Å². The van der Waals surface area contributed by atoms with E-state index in [9.17, 15) is 14.0 Å². The van der Waals surface area contributed by atoms with E-state index in [1.807, 2.05) is 0 Å². The Bertz CT molecular complexity index is 821. The Morgan fingerprint density at radius 1 is 1.44 bits per heavy atom. The Morgan fingerprint density at radius 2 is 2.19 bits per heavy atom. The van der Waals surface area contributed by atoms with Crippen molar-refractivity contribution in [1.29, 1.82) is 0 Å². The summed E-state index contributed by atoms with van der Waals surface area (Å²) in [5.41, 5.74) is 1.06. The Balaban J connectivity index is 1.45. The minimum Gasteiger partial charge on any atom is -0.352 e. The van der Waals surface area contributed by atoms with Crippen molar-refractivity contribution in [2.75, 3.05) is 13.6 Å². The van der Waals surface area contributed by atoms with E-state index < -0.39 is 6.04 Å². The number of hydrogen-bond donors (Lipinski definition) is 1. The predicted molar refractivity (Wildman–Crippen MR) is 103 cm³/mol. The maximum Gasteiger partial charge on any atom is 0.247 e. The molecule has 27 heavy (non-hydrogen) atoms. The second-order valence-corrected chi connectivity index (χ2v) is 7.82. The Hall–Kier alpha value is -2.22. The topological polar surface area (TPSA) is 67.2 Å². The Kier molecular flexibility index (Phi) is 5.94. The molecule has 1 aliphatic rings. The number of likely N-dealkylation sites (N-methyl/N-ethyl adjacent to an activating group) is 1. The Morgan fingerprint density at radius 3 is 2.81 bits per heavy atom. The van der Waals surface area contributed by atoms with Crippen LogP contribution < -0.4 is 5.32 Å². The summed E-state index contributed by atoms with van der Waals surface area (Å²) >= 11 is 3.20. The van der Waals surface area contributed by atoms with Crippen molar-refractivity contribution in [3.05, 3.63) is 52.5 Å². The standard InChI is InChI=1S/C19H22BrFN4O2/c1-12(25-7-3-6-22-25)19(27)24(2)11-18(26)23-15-8-14(9-15)13-4-5-17(21)16(20)10-13/h3-7,10,12,14-15H,8-9,11H2,1-2H3,(H,23,26)/t12-,14?,15?/m0/s1. The lowest BCUT2D eigenvalue weighted by Gasteiger charge is -2.36. The van der Waals surface area contributed by atoms with Crippen LogP contribution in [0.1, 0.15) is 37.3 Å². The van der Waals surface area contributed by atoms with Gasteiger partial charge in [0.1, 0.15) is 11.9 Å². The number of aromatic nitrogens is 2. The molecular weight excluding hydrogens is 415 g/mol. The molecule has 1 aromatic carbocycles. The van der Waals surface area contributed by atoms with Crippen LogP contribution in [0.3, 0.4) is 0 Å². The van der Waals surface area contributed by atoms with E-state index in [1.54, 1.807) is 49.2 Å². The van der Waals surface area contributed by atoms with Crippen molar-refractivity contribution in [2.24, 2.45) is 0 Å². The monoisotopic (exact) mass is 436 g/mol. The number of halogens is 2. The molecule has 1 N–H and O–H groups in total. The van der Waals surface area contributed by atoms with E-state index in [0.717, 1.165) is 18.4 Å². The second kappa shape index (κ2) is 8.21. The fourth-order valence-corrected chi connectivity index (χ4v) is 3.68. The van der Waals surface area contributed by atoms with Gasteiger partial charge in [0.15, 0.2) is 0 Å². The number of amides is 2. The second-order valence-electron chi connectivity index (χ2n) is 6.96. The molecule has 0 bridgehead atoms. The average Bonchev–Trinajstić information content (AvgIpc) is 3.13. The summed E-state index contributed by atoms with van der Waals surface area (Å²) in [5.74, 6) is -0.315. The first-order valence-corrected chi connectivity index (χ1v) is 9.63. The molecule has 0 spiro atoms. The number of carbonyl (C=O) groups excluding carboxylic acids is 2. The van der Waals surface area contributed by atoms with E-state index >= 15 is 0 Å². The molecule has 1 fully saturated rings. The maximum absolute atomic E-state index is 13.3. The molecule has 0 aliphatic heterocycles. The number of carbonyl (C=O) groups is 2. The molecule has 144 valence electrons. The molecule has 1 heterocycles. The molecule has 8 heteroatoms. The van der Waals surface area contributed by atoms with Gasteiger partial charge in [0, 0.05) is 25.5 Å². The average molecular weight is 437 g/mol.